The summed E-state index contributed by atoms with van der Waals surface area (Å²) in [6.45, 7) is 6.06. The fourth-order valence-corrected chi connectivity index (χ4v) is 3.72. The smallest absolute Gasteiger partial charge is 0.221 e. The zero-order valence-corrected chi connectivity index (χ0v) is 14.7. The summed E-state index contributed by atoms with van der Waals surface area (Å²) in [5.74, 6) is 0.169. The van der Waals surface area contributed by atoms with E-state index in [1.807, 2.05) is 0 Å². The number of ether oxygens (including phenoxy) is 1. The Morgan fingerprint density at radius 3 is 2.87 bits per heavy atom. The summed E-state index contributed by atoms with van der Waals surface area (Å²) in [5.41, 5.74) is 0. The van der Waals surface area contributed by atoms with E-state index in [0.29, 0.717) is 12.5 Å². The highest BCUT2D eigenvalue weighted by atomic mass is 16.5. The minimum atomic E-state index is 0.169. The van der Waals surface area contributed by atoms with Gasteiger partial charge in [-0.05, 0) is 45.2 Å². The standard InChI is InChI=1S/C18H33N3O2/c1-3-17(23-2)16-9-6-8-15-14-18(22)20-12-5-4-10-19-11-7-13-21(15)16/h6,8,15-17,19H,3-5,7,9-14H2,1-2H3,(H,20,22)/t15-,16?,17+/m1/s1. The highest BCUT2D eigenvalue weighted by Crippen LogP contribution is 2.25. The molecule has 0 radical (unpaired) electrons. The van der Waals surface area contributed by atoms with E-state index in [0.717, 1.165) is 58.3 Å². The molecule has 3 atom stereocenters. The van der Waals surface area contributed by atoms with Gasteiger partial charge < -0.3 is 15.4 Å². The fraction of sp³-hybridized carbons (Fsp3) is 0.833. The average molecular weight is 323 g/mol. The van der Waals surface area contributed by atoms with Crippen molar-refractivity contribution in [2.24, 2.45) is 0 Å². The largest absolute Gasteiger partial charge is 0.380 e. The Kier molecular flexibility index (Phi) is 8.06. The Bertz CT molecular complexity index is 382. The van der Waals surface area contributed by atoms with Crippen LogP contribution >= 0.6 is 0 Å². The summed E-state index contributed by atoms with van der Waals surface area (Å²) in [5, 5.41) is 6.58. The maximum atomic E-state index is 12.2. The first-order chi connectivity index (χ1) is 11.3. The molecule has 132 valence electrons. The third-order valence-electron chi connectivity index (χ3n) is 4.99. The topological polar surface area (TPSA) is 53.6 Å². The van der Waals surface area contributed by atoms with Crippen LogP contribution in [0.25, 0.3) is 0 Å². The molecule has 2 N–H and O–H groups in total. The van der Waals surface area contributed by atoms with Crippen LogP contribution in [0.1, 0.15) is 45.4 Å². The van der Waals surface area contributed by atoms with Gasteiger partial charge in [0.05, 0.1) is 6.10 Å². The molecule has 5 heteroatoms. The van der Waals surface area contributed by atoms with Gasteiger partial charge in [0.2, 0.25) is 5.91 Å². The Morgan fingerprint density at radius 1 is 1.30 bits per heavy atom. The molecule has 0 saturated carbocycles. The Hall–Kier alpha value is -0.910. The average Bonchev–Trinajstić information content (AvgIpc) is 2.57. The van der Waals surface area contributed by atoms with E-state index in [1.54, 1.807) is 7.11 Å². The molecule has 5 nitrogen and oxygen atoms in total. The first-order valence-corrected chi connectivity index (χ1v) is 9.19. The van der Waals surface area contributed by atoms with Crippen molar-refractivity contribution < 1.29 is 9.53 Å². The van der Waals surface area contributed by atoms with Crippen LogP contribution in [0, 0.1) is 0 Å². The second-order valence-electron chi connectivity index (χ2n) is 6.58. The molecule has 2 aliphatic rings. The van der Waals surface area contributed by atoms with Gasteiger partial charge in [0.25, 0.3) is 0 Å². The molecule has 0 spiro atoms. The van der Waals surface area contributed by atoms with Crippen LogP contribution in [0.2, 0.25) is 0 Å². The van der Waals surface area contributed by atoms with Gasteiger partial charge in [-0.1, -0.05) is 19.1 Å². The van der Waals surface area contributed by atoms with E-state index in [-0.39, 0.29) is 18.1 Å². The molecule has 2 rings (SSSR count). The number of hydrogen-bond acceptors (Lipinski definition) is 4. The highest BCUT2D eigenvalue weighted by molar-refractivity contribution is 5.76. The van der Waals surface area contributed by atoms with E-state index in [4.69, 9.17) is 4.74 Å². The predicted octanol–water partition coefficient (Wildman–Crippen LogP) is 1.69. The van der Waals surface area contributed by atoms with Crippen molar-refractivity contribution in [3.63, 3.8) is 0 Å². The molecule has 1 saturated heterocycles. The van der Waals surface area contributed by atoms with Crippen molar-refractivity contribution in [2.75, 3.05) is 33.3 Å². The van der Waals surface area contributed by atoms with Gasteiger partial charge in [-0.15, -0.1) is 0 Å². The van der Waals surface area contributed by atoms with Gasteiger partial charge in [-0.3, -0.25) is 9.69 Å². The maximum absolute atomic E-state index is 12.2. The Balaban J connectivity index is 2.09. The van der Waals surface area contributed by atoms with Crippen LogP contribution in [-0.2, 0) is 9.53 Å². The number of rotatable bonds is 3. The van der Waals surface area contributed by atoms with E-state index in [2.05, 4.69) is 34.6 Å². The van der Waals surface area contributed by atoms with Gasteiger partial charge in [-0.25, -0.2) is 0 Å². The zero-order chi connectivity index (χ0) is 16.5. The highest BCUT2D eigenvalue weighted by Gasteiger charge is 2.33. The Morgan fingerprint density at radius 2 is 2.09 bits per heavy atom. The quantitative estimate of drug-likeness (QED) is 0.776. The van der Waals surface area contributed by atoms with Crippen molar-refractivity contribution in [2.45, 2.75) is 63.6 Å². The fourth-order valence-electron chi connectivity index (χ4n) is 3.72. The second kappa shape index (κ2) is 10.1. The molecule has 1 unspecified atom stereocenters. The molecular weight excluding hydrogens is 290 g/mol. The van der Waals surface area contributed by atoms with Crippen LogP contribution in [-0.4, -0.2) is 62.3 Å². The van der Waals surface area contributed by atoms with Gasteiger partial charge in [0.1, 0.15) is 0 Å². The first kappa shape index (κ1) is 18.4. The monoisotopic (exact) mass is 323 g/mol. The van der Waals surface area contributed by atoms with Gasteiger partial charge >= 0.3 is 0 Å². The normalized spacial score (nSPS) is 29.6. The minimum Gasteiger partial charge on any atom is -0.380 e. The molecule has 0 aliphatic carbocycles. The van der Waals surface area contributed by atoms with Crippen LogP contribution < -0.4 is 10.6 Å². The van der Waals surface area contributed by atoms with Crippen LogP contribution in [0.15, 0.2) is 12.2 Å². The van der Waals surface area contributed by atoms with Gasteiger partial charge in [-0.2, -0.15) is 0 Å². The molecule has 0 aromatic rings. The number of hydrogen-bond donors (Lipinski definition) is 2. The second-order valence-corrected chi connectivity index (χ2v) is 6.58. The molecule has 23 heavy (non-hydrogen) atoms. The van der Waals surface area contributed by atoms with Crippen molar-refractivity contribution in [1.29, 1.82) is 0 Å². The van der Waals surface area contributed by atoms with Crippen molar-refractivity contribution in [1.82, 2.24) is 15.5 Å². The molecule has 1 fully saturated rings. The summed E-state index contributed by atoms with van der Waals surface area (Å²) in [7, 11) is 1.80. The van der Waals surface area contributed by atoms with Crippen LogP contribution in [0.5, 0.6) is 0 Å². The third-order valence-corrected chi connectivity index (χ3v) is 4.99. The summed E-state index contributed by atoms with van der Waals surface area (Å²) < 4.78 is 5.72. The minimum absolute atomic E-state index is 0.169. The molecule has 0 aromatic heterocycles. The zero-order valence-electron chi connectivity index (χ0n) is 14.7. The molecule has 2 heterocycles. The molecule has 1 amide bonds. The third kappa shape index (κ3) is 5.59. The first-order valence-electron chi connectivity index (χ1n) is 9.19. The van der Waals surface area contributed by atoms with E-state index in [1.165, 1.54) is 0 Å². The lowest BCUT2D eigenvalue weighted by atomic mass is 9.94. The summed E-state index contributed by atoms with van der Waals surface area (Å²) in [6.07, 6.45) is 10.5. The molecule has 0 bridgehead atoms. The number of carbonyl (C=O) groups excluding carboxylic acids is 1. The summed E-state index contributed by atoms with van der Waals surface area (Å²) in [4.78, 5) is 14.7. The number of carbonyl (C=O) groups is 1. The molecule has 2 aliphatic heterocycles. The van der Waals surface area contributed by atoms with Crippen molar-refractivity contribution in [3.05, 3.63) is 12.2 Å². The van der Waals surface area contributed by atoms with Gasteiger partial charge in [0.15, 0.2) is 0 Å². The number of methoxy groups -OCH3 is 1. The van der Waals surface area contributed by atoms with Crippen LogP contribution in [0.4, 0.5) is 0 Å². The number of nitrogens with zero attached hydrogens (tertiary/aromatic N) is 1. The molecular formula is C18H33N3O2. The number of amides is 1. The predicted molar refractivity (Wildman–Crippen MR) is 93.5 cm³/mol. The van der Waals surface area contributed by atoms with Crippen molar-refractivity contribution in [3.8, 4) is 0 Å². The maximum Gasteiger partial charge on any atom is 0.221 e. The van der Waals surface area contributed by atoms with E-state index < -0.39 is 0 Å². The lowest BCUT2D eigenvalue weighted by Crippen LogP contribution is -2.52. The lowest BCUT2D eigenvalue weighted by molar-refractivity contribution is -0.122. The lowest BCUT2D eigenvalue weighted by Gasteiger charge is -2.42. The molecule has 0 aromatic carbocycles. The summed E-state index contributed by atoms with van der Waals surface area (Å²) in [6, 6.07) is 0.566. The van der Waals surface area contributed by atoms with Gasteiger partial charge in [0, 0.05) is 38.7 Å². The van der Waals surface area contributed by atoms with Crippen molar-refractivity contribution >= 4 is 5.91 Å². The van der Waals surface area contributed by atoms with E-state index >= 15 is 0 Å². The number of nitrogens with one attached hydrogen (secondary N) is 2. The number of fused-ring (bicyclic) bond motifs is 1. The summed E-state index contributed by atoms with van der Waals surface area (Å²) >= 11 is 0. The van der Waals surface area contributed by atoms with E-state index in [9.17, 15) is 4.79 Å². The SMILES string of the molecule is CC[C@H](OC)C1CC=C[C@@H]2CC(=O)NCCCCNCCCN12. The van der Waals surface area contributed by atoms with Crippen LogP contribution in [0.3, 0.4) is 0 Å². The Labute approximate surface area is 140 Å².